The molecule has 5 aromatic heterocycles. The Morgan fingerprint density at radius 3 is 2.61 bits per heavy atom. The number of nitrogens with one attached hydrogen (secondary N) is 1. The first-order chi connectivity index (χ1) is 15.9. The van der Waals surface area contributed by atoms with Crippen LogP contribution in [0, 0.1) is 0 Å². The highest BCUT2D eigenvalue weighted by Crippen LogP contribution is 2.29. The van der Waals surface area contributed by atoms with Gasteiger partial charge in [-0.2, -0.15) is 18.3 Å². The molecule has 5 aromatic rings. The quantitative estimate of drug-likeness (QED) is 0.435. The Labute approximate surface area is 185 Å². The maximum absolute atomic E-state index is 13.0. The summed E-state index contributed by atoms with van der Waals surface area (Å²) < 4.78 is 42.3. The third kappa shape index (κ3) is 4.22. The van der Waals surface area contributed by atoms with Crippen molar-refractivity contribution >= 4 is 17.4 Å². The van der Waals surface area contributed by atoms with Gasteiger partial charge in [-0.3, -0.25) is 14.1 Å². The number of hydrogen-bond acceptors (Lipinski definition) is 7. The lowest BCUT2D eigenvalue weighted by molar-refractivity contribution is -0.137. The number of aryl methyl sites for hydroxylation is 1. The number of alkyl halides is 3. The fourth-order valence-electron chi connectivity index (χ4n) is 3.32. The average Bonchev–Trinajstić information content (AvgIpc) is 3.39. The summed E-state index contributed by atoms with van der Waals surface area (Å²) in [4.78, 5) is 12.8. The lowest BCUT2D eigenvalue weighted by Gasteiger charge is -2.08. The van der Waals surface area contributed by atoms with Gasteiger partial charge in [-0.05, 0) is 30.3 Å². The third-order valence-electron chi connectivity index (χ3n) is 4.98. The highest BCUT2D eigenvalue weighted by Gasteiger charge is 2.30. The number of anilines is 2. The first kappa shape index (κ1) is 20.5. The van der Waals surface area contributed by atoms with Gasteiger partial charge in [-0.15, -0.1) is 10.2 Å². The minimum absolute atomic E-state index is 0.108. The van der Waals surface area contributed by atoms with Crippen LogP contribution in [-0.4, -0.2) is 39.3 Å². The molecule has 0 aromatic carbocycles. The summed E-state index contributed by atoms with van der Waals surface area (Å²) in [6.45, 7) is 0. The molecule has 0 bridgehead atoms. The van der Waals surface area contributed by atoms with E-state index in [4.69, 9.17) is 0 Å². The van der Waals surface area contributed by atoms with Crippen LogP contribution in [0.5, 0.6) is 0 Å². The van der Waals surface area contributed by atoms with Gasteiger partial charge in [0.15, 0.2) is 5.65 Å². The maximum atomic E-state index is 13.0. The van der Waals surface area contributed by atoms with Gasteiger partial charge in [0.25, 0.3) is 0 Å². The van der Waals surface area contributed by atoms with Crippen molar-refractivity contribution in [3.63, 3.8) is 0 Å². The van der Waals surface area contributed by atoms with E-state index in [1.165, 1.54) is 0 Å². The summed E-state index contributed by atoms with van der Waals surface area (Å²) in [5.41, 5.74) is 1.50. The number of aromatic nitrogens is 8. The van der Waals surface area contributed by atoms with Crippen molar-refractivity contribution in [3.05, 3.63) is 78.3 Å². The molecule has 5 rings (SSSR count). The standard InChI is InChI=1S/C21H16F3N9/c1-32-17(4-8-27-32)29-20-26-7-3-16(28-20)13-5-9-33-18(10-13)30-31-19(33)12-15-11-14(2-6-25-15)21(22,23)24/h2-11H,12H2,1H3,(H,26,28,29). The summed E-state index contributed by atoms with van der Waals surface area (Å²) >= 11 is 0. The Kier molecular flexibility index (Phi) is 4.96. The Bertz CT molecular complexity index is 1440. The Morgan fingerprint density at radius 1 is 0.970 bits per heavy atom. The fraction of sp³-hybridized carbons (Fsp3) is 0.143. The van der Waals surface area contributed by atoms with Crippen LogP contribution in [0.25, 0.3) is 16.9 Å². The van der Waals surface area contributed by atoms with Crippen LogP contribution in [0.2, 0.25) is 0 Å². The van der Waals surface area contributed by atoms with Crippen molar-refractivity contribution in [2.75, 3.05) is 5.32 Å². The topological polar surface area (TPSA) is 98.7 Å². The van der Waals surface area contributed by atoms with E-state index >= 15 is 0 Å². The van der Waals surface area contributed by atoms with Crippen LogP contribution in [0.4, 0.5) is 24.9 Å². The van der Waals surface area contributed by atoms with Gasteiger partial charge in [0.2, 0.25) is 5.95 Å². The summed E-state index contributed by atoms with van der Waals surface area (Å²) in [6, 6.07) is 9.16. The van der Waals surface area contributed by atoms with E-state index in [-0.39, 0.29) is 12.1 Å². The molecule has 0 radical (unpaired) electrons. The molecule has 5 heterocycles. The van der Waals surface area contributed by atoms with Gasteiger partial charge < -0.3 is 5.32 Å². The molecule has 1 N–H and O–H groups in total. The van der Waals surface area contributed by atoms with E-state index in [0.717, 1.165) is 29.7 Å². The van der Waals surface area contributed by atoms with Crippen molar-refractivity contribution in [2.24, 2.45) is 7.05 Å². The van der Waals surface area contributed by atoms with Crippen LogP contribution < -0.4 is 5.32 Å². The Balaban J connectivity index is 1.41. The van der Waals surface area contributed by atoms with Crippen molar-refractivity contribution in [3.8, 4) is 11.3 Å². The number of rotatable bonds is 5. The van der Waals surface area contributed by atoms with Crippen LogP contribution in [0.15, 0.2) is 61.2 Å². The highest BCUT2D eigenvalue weighted by atomic mass is 19.4. The lowest BCUT2D eigenvalue weighted by Crippen LogP contribution is -2.07. The summed E-state index contributed by atoms with van der Waals surface area (Å²) in [7, 11) is 1.80. The predicted octanol–water partition coefficient (Wildman–Crippen LogP) is 3.67. The van der Waals surface area contributed by atoms with Gasteiger partial charge in [-0.1, -0.05) is 0 Å². The van der Waals surface area contributed by atoms with E-state index in [2.05, 4.69) is 35.6 Å². The van der Waals surface area contributed by atoms with E-state index in [1.54, 1.807) is 52.9 Å². The van der Waals surface area contributed by atoms with Crippen molar-refractivity contribution in [1.82, 2.24) is 39.3 Å². The molecule has 0 fully saturated rings. The molecule has 0 saturated carbocycles. The van der Waals surface area contributed by atoms with Crippen molar-refractivity contribution in [2.45, 2.75) is 12.6 Å². The second-order valence-corrected chi connectivity index (χ2v) is 7.20. The first-order valence-electron chi connectivity index (χ1n) is 9.81. The number of halogens is 3. The third-order valence-corrected chi connectivity index (χ3v) is 4.98. The molecule has 0 amide bonds. The summed E-state index contributed by atoms with van der Waals surface area (Å²) in [6.07, 6.45) is 1.88. The zero-order valence-electron chi connectivity index (χ0n) is 17.2. The molecule has 0 aliphatic rings. The second-order valence-electron chi connectivity index (χ2n) is 7.20. The summed E-state index contributed by atoms with van der Waals surface area (Å²) in [5, 5.41) is 15.5. The Morgan fingerprint density at radius 2 is 1.82 bits per heavy atom. The molecule has 0 saturated heterocycles. The average molecular weight is 451 g/mol. The lowest BCUT2D eigenvalue weighted by atomic mass is 10.1. The van der Waals surface area contributed by atoms with Gasteiger partial charge >= 0.3 is 6.18 Å². The Hall–Kier alpha value is -4.35. The molecule has 0 atom stereocenters. The molecule has 0 aliphatic carbocycles. The molecule has 9 nitrogen and oxygen atoms in total. The van der Waals surface area contributed by atoms with E-state index < -0.39 is 11.7 Å². The minimum atomic E-state index is -4.43. The van der Waals surface area contributed by atoms with Crippen molar-refractivity contribution < 1.29 is 13.2 Å². The van der Waals surface area contributed by atoms with E-state index in [0.29, 0.717) is 23.1 Å². The largest absolute Gasteiger partial charge is 0.416 e. The SMILES string of the molecule is Cn1nccc1Nc1nccc(-c2ccn3c(Cc4cc(C(F)(F)F)ccn4)nnc3c2)n1. The van der Waals surface area contributed by atoms with Crippen LogP contribution >= 0.6 is 0 Å². The molecular formula is C21H16F3N9. The molecule has 0 spiro atoms. The van der Waals surface area contributed by atoms with E-state index in [9.17, 15) is 13.2 Å². The van der Waals surface area contributed by atoms with Gasteiger partial charge in [-0.25, -0.2) is 9.97 Å². The first-order valence-corrected chi connectivity index (χ1v) is 9.81. The van der Waals surface area contributed by atoms with E-state index in [1.807, 2.05) is 6.07 Å². The number of nitrogens with zero attached hydrogens (tertiary/aromatic N) is 8. The molecule has 166 valence electrons. The zero-order chi connectivity index (χ0) is 23.0. The molecule has 33 heavy (non-hydrogen) atoms. The normalized spacial score (nSPS) is 11.8. The number of hydrogen-bond donors (Lipinski definition) is 1. The summed E-state index contributed by atoms with van der Waals surface area (Å²) in [5.74, 6) is 1.63. The maximum Gasteiger partial charge on any atom is 0.416 e. The molecule has 12 heteroatoms. The van der Waals surface area contributed by atoms with Crippen LogP contribution in [0.1, 0.15) is 17.1 Å². The number of pyridine rings is 2. The minimum Gasteiger partial charge on any atom is -0.309 e. The monoisotopic (exact) mass is 451 g/mol. The number of fused-ring (bicyclic) bond motifs is 1. The molecule has 0 aliphatic heterocycles. The fourth-order valence-corrected chi connectivity index (χ4v) is 3.32. The molecular weight excluding hydrogens is 435 g/mol. The molecule has 0 unspecified atom stereocenters. The van der Waals surface area contributed by atoms with Gasteiger partial charge in [0, 0.05) is 43.0 Å². The van der Waals surface area contributed by atoms with Crippen LogP contribution in [-0.2, 0) is 19.6 Å². The predicted molar refractivity (Wildman–Crippen MR) is 113 cm³/mol. The van der Waals surface area contributed by atoms with Crippen LogP contribution in [0.3, 0.4) is 0 Å². The van der Waals surface area contributed by atoms with Crippen molar-refractivity contribution in [1.29, 1.82) is 0 Å². The van der Waals surface area contributed by atoms with Gasteiger partial charge in [0.05, 0.1) is 23.9 Å². The second kappa shape index (κ2) is 7.97. The smallest absolute Gasteiger partial charge is 0.309 e. The van der Waals surface area contributed by atoms with Gasteiger partial charge in [0.1, 0.15) is 11.6 Å². The zero-order valence-corrected chi connectivity index (χ0v) is 17.2. The highest BCUT2D eigenvalue weighted by molar-refractivity contribution is 5.65.